The molecule has 1 saturated heterocycles. The van der Waals surface area contributed by atoms with E-state index >= 15 is 0 Å². The lowest BCUT2D eigenvalue weighted by Crippen LogP contribution is -2.47. The van der Waals surface area contributed by atoms with Crippen molar-refractivity contribution >= 4 is 29.0 Å². The summed E-state index contributed by atoms with van der Waals surface area (Å²) in [7, 11) is 0. The Morgan fingerprint density at radius 3 is 2.50 bits per heavy atom. The van der Waals surface area contributed by atoms with E-state index in [1.54, 1.807) is 18.2 Å². The van der Waals surface area contributed by atoms with Crippen molar-refractivity contribution in [3.8, 4) is 0 Å². The molecule has 1 aliphatic rings. The first-order chi connectivity index (χ1) is 8.49. The summed E-state index contributed by atoms with van der Waals surface area (Å²) in [6, 6.07) is 5.28. The number of hydrogen-bond donors (Lipinski definition) is 2. The second kappa shape index (κ2) is 5.10. The molecule has 1 aromatic carbocycles. The van der Waals surface area contributed by atoms with Crippen LogP contribution >= 0.6 is 11.8 Å². The number of hydrogen-bond acceptors (Lipinski definition) is 4. The van der Waals surface area contributed by atoms with Gasteiger partial charge in [0.05, 0.1) is 0 Å². The minimum absolute atomic E-state index is 0.0219. The van der Waals surface area contributed by atoms with Crippen LogP contribution in [0.2, 0.25) is 0 Å². The molecule has 0 bridgehead atoms. The van der Waals surface area contributed by atoms with Gasteiger partial charge >= 0.3 is 0 Å². The fraction of sp³-hybridized carbons (Fsp3) is 0.462. The summed E-state index contributed by atoms with van der Waals surface area (Å²) in [4.78, 5) is 14.4. The van der Waals surface area contributed by atoms with Gasteiger partial charge in [0.1, 0.15) is 0 Å². The van der Waals surface area contributed by atoms with Crippen molar-refractivity contribution in [2.24, 2.45) is 0 Å². The molecule has 1 amide bonds. The molecule has 2 atom stereocenters. The third-order valence-electron chi connectivity index (χ3n) is 3.37. The lowest BCUT2D eigenvalue weighted by atomic mass is 10.1. The number of nitrogens with two attached hydrogens (primary N) is 2. The van der Waals surface area contributed by atoms with Gasteiger partial charge in [-0.25, -0.2) is 0 Å². The van der Waals surface area contributed by atoms with E-state index in [1.807, 2.05) is 16.7 Å². The van der Waals surface area contributed by atoms with Gasteiger partial charge in [0.25, 0.3) is 5.91 Å². The number of carbonyl (C=O) groups is 1. The van der Waals surface area contributed by atoms with E-state index in [0.29, 0.717) is 22.2 Å². The number of nitrogen functional groups attached to an aromatic ring is 2. The first-order valence-electron chi connectivity index (χ1n) is 6.07. The zero-order valence-corrected chi connectivity index (χ0v) is 11.5. The van der Waals surface area contributed by atoms with Gasteiger partial charge in [-0.05, 0) is 25.1 Å². The Morgan fingerprint density at radius 2 is 1.89 bits per heavy atom. The maximum Gasteiger partial charge on any atom is 0.254 e. The molecule has 1 heterocycles. The van der Waals surface area contributed by atoms with Crippen molar-refractivity contribution in [1.82, 2.24) is 4.90 Å². The van der Waals surface area contributed by atoms with Gasteiger partial charge in [-0.2, -0.15) is 11.8 Å². The smallest absolute Gasteiger partial charge is 0.254 e. The lowest BCUT2D eigenvalue weighted by molar-refractivity contribution is 0.0698. The summed E-state index contributed by atoms with van der Waals surface area (Å²) in [5.74, 6) is 1.00. The molecule has 0 saturated carbocycles. The van der Waals surface area contributed by atoms with Crippen LogP contribution < -0.4 is 11.5 Å². The molecule has 98 valence electrons. The zero-order valence-electron chi connectivity index (χ0n) is 10.7. The van der Waals surface area contributed by atoms with Gasteiger partial charge in [-0.3, -0.25) is 4.79 Å². The first kappa shape index (κ1) is 13.1. The molecular weight excluding hydrogens is 246 g/mol. The maximum absolute atomic E-state index is 12.5. The van der Waals surface area contributed by atoms with E-state index < -0.39 is 0 Å². The predicted octanol–water partition coefficient (Wildman–Crippen LogP) is 1.82. The highest BCUT2D eigenvalue weighted by Gasteiger charge is 2.29. The molecule has 0 aliphatic carbocycles. The van der Waals surface area contributed by atoms with Crippen LogP contribution in [0.5, 0.6) is 0 Å². The maximum atomic E-state index is 12.5. The van der Waals surface area contributed by atoms with E-state index in [9.17, 15) is 4.79 Å². The molecule has 2 unspecified atom stereocenters. The van der Waals surface area contributed by atoms with Crippen molar-refractivity contribution in [1.29, 1.82) is 0 Å². The fourth-order valence-corrected chi connectivity index (χ4v) is 3.28. The third-order valence-corrected chi connectivity index (χ3v) is 4.71. The van der Waals surface area contributed by atoms with Crippen LogP contribution in [0.15, 0.2) is 18.2 Å². The molecule has 4 N–H and O–H groups in total. The molecule has 18 heavy (non-hydrogen) atoms. The molecule has 0 radical (unpaired) electrons. The molecule has 1 aliphatic heterocycles. The zero-order chi connectivity index (χ0) is 13.3. The number of amides is 1. The lowest BCUT2D eigenvalue weighted by Gasteiger charge is -2.37. The van der Waals surface area contributed by atoms with Gasteiger partial charge in [0.2, 0.25) is 0 Å². The topological polar surface area (TPSA) is 72.3 Å². The van der Waals surface area contributed by atoms with E-state index in [4.69, 9.17) is 11.5 Å². The van der Waals surface area contributed by atoms with Crippen LogP contribution in [0.4, 0.5) is 11.4 Å². The molecule has 1 aromatic rings. The Balaban J connectivity index is 2.24. The largest absolute Gasteiger partial charge is 0.399 e. The van der Waals surface area contributed by atoms with E-state index in [1.165, 1.54) is 0 Å². The highest BCUT2D eigenvalue weighted by molar-refractivity contribution is 8.00. The van der Waals surface area contributed by atoms with Crippen LogP contribution in [0.25, 0.3) is 0 Å². The minimum atomic E-state index is 0.0219. The molecule has 0 aromatic heterocycles. The Labute approximate surface area is 112 Å². The van der Waals surface area contributed by atoms with Crippen LogP contribution in [0, 0.1) is 0 Å². The van der Waals surface area contributed by atoms with Crippen molar-refractivity contribution in [2.75, 3.05) is 23.8 Å². The number of thioether (sulfide) groups is 1. The molecule has 4 nitrogen and oxygen atoms in total. The standard InChI is InChI=1S/C13H19N3OS/c1-8-9(2)18-4-3-16(8)13(17)10-5-11(14)7-12(15)6-10/h5-9H,3-4,14-15H2,1-2H3. The van der Waals surface area contributed by atoms with E-state index in [-0.39, 0.29) is 11.9 Å². The van der Waals surface area contributed by atoms with Gasteiger partial charge in [0, 0.05) is 40.5 Å². The molecule has 0 spiro atoms. The SMILES string of the molecule is CC1SCCN(C(=O)c2cc(N)cc(N)c2)C1C. The second-order valence-corrected chi connectivity index (χ2v) is 6.19. The summed E-state index contributed by atoms with van der Waals surface area (Å²) in [6.45, 7) is 5.02. The molecule has 5 heteroatoms. The van der Waals surface area contributed by atoms with Crippen molar-refractivity contribution < 1.29 is 4.79 Å². The minimum Gasteiger partial charge on any atom is -0.399 e. The average Bonchev–Trinajstić information content (AvgIpc) is 2.30. The summed E-state index contributed by atoms with van der Waals surface area (Å²) in [5, 5.41) is 0.459. The van der Waals surface area contributed by atoms with Gasteiger partial charge in [-0.1, -0.05) is 6.92 Å². The van der Waals surface area contributed by atoms with Crippen LogP contribution in [-0.2, 0) is 0 Å². The Morgan fingerprint density at radius 1 is 1.28 bits per heavy atom. The van der Waals surface area contributed by atoms with Crippen LogP contribution in [0.1, 0.15) is 24.2 Å². The van der Waals surface area contributed by atoms with Crippen molar-refractivity contribution in [2.45, 2.75) is 25.1 Å². The highest BCUT2D eigenvalue weighted by atomic mass is 32.2. The number of nitrogens with zero attached hydrogens (tertiary/aromatic N) is 1. The molecule has 2 rings (SSSR count). The number of rotatable bonds is 1. The van der Waals surface area contributed by atoms with Gasteiger partial charge < -0.3 is 16.4 Å². The van der Waals surface area contributed by atoms with E-state index in [0.717, 1.165) is 12.3 Å². The summed E-state index contributed by atoms with van der Waals surface area (Å²) >= 11 is 1.91. The Hall–Kier alpha value is -1.36. The fourth-order valence-electron chi connectivity index (χ4n) is 2.19. The van der Waals surface area contributed by atoms with E-state index in [2.05, 4.69) is 13.8 Å². The Kier molecular flexibility index (Phi) is 3.71. The monoisotopic (exact) mass is 265 g/mol. The van der Waals surface area contributed by atoms with Crippen LogP contribution in [0.3, 0.4) is 0 Å². The van der Waals surface area contributed by atoms with Crippen molar-refractivity contribution in [3.63, 3.8) is 0 Å². The summed E-state index contributed by atoms with van der Waals surface area (Å²) < 4.78 is 0. The van der Waals surface area contributed by atoms with Gasteiger partial charge in [-0.15, -0.1) is 0 Å². The number of carbonyl (C=O) groups excluding carboxylic acids is 1. The molecular formula is C13H19N3OS. The third kappa shape index (κ3) is 2.56. The average molecular weight is 265 g/mol. The first-order valence-corrected chi connectivity index (χ1v) is 7.12. The Bertz CT molecular complexity index is 443. The summed E-state index contributed by atoms with van der Waals surface area (Å²) in [5.41, 5.74) is 13.1. The van der Waals surface area contributed by atoms with Crippen molar-refractivity contribution in [3.05, 3.63) is 23.8 Å². The van der Waals surface area contributed by atoms with Gasteiger partial charge in [0.15, 0.2) is 0 Å². The second-order valence-electron chi connectivity index (χ2n) is 4.70. The predicted molar refractivity (Wildman–Crippen MR) is 77.7 cm³/mol. The van der Waals surface area contributed by atoms with Crippen LogP contribution in [-0.4, -0.2) is 34.4 Å². The quantitative estimate of drug-likeness (QED) is 0.760. The summed E-state index contributed by atoms with van der Waals surface area (Å²) in [6.07, 6.45) is 0. The number of anilines is 2. The highest BCUT2D eigenvalue weighted by Crippen LogP contribution is 2.26. The molecule has 1 fully saturated rings. The number of benzene rings is 1. The normalized spacial score (nSPS) is 24.0.